The van der Waals surface area contributed by atoms with Crippen LogP contribution >= 0.6 is 0 Å². The maximum absolute atomic E-state index is 13.7. The molecule has 8 aliphatic rings. The minimum absolute atomic E-state index is 0.0529. The number of hydrogen-bond donors (Lipinski definition) is 0. The number of esters is 1. The van der Waals surface area contributed by atoms with E-state index in [1.807, 2.05) is 0 Å². The molecule has 8 fully saturated rings. The van der Waals surface area contributed by atoms with E-state index in [4.69, 9.17) is 4.74 Å². The summed E-state index contributed by atoms with van der Waals surface area (Å²) in [6.45, 7) is 2.28. The average molecular weight is 343 g/mol. The van der Waals surface area contributed by atoms with Crippen LogP contribution in [0.25, 0.3) is 0 Å². The topological polar surface area (TPSA) is 26.3 Å². The van der Waals surface area contributed by atoms with Crippen LogP contribution in [0.5, 0.6) is 0 Å². The monoisotopic (exact) mass is 342 g/mol. The lowest BCUT2D eigenvalue weighted by Crippen LogP contribution is -2.60. The molecule has 138 valence electrons. The van der Waals surface area contributed by atoms with Gasteiger partial charge in [-0.1, -0.05) is 6.92 Å². The largest absolute Gasteiger partial charge is 0.459 e. The van der Waals surface area contributed by atoms with Crippen molar-refractivity contribution in [1.29, 1.82) is 0 Å². The first kappa shape index (κ1) is 15.5. The third kappa shape index (κ3) is 2.06. The van der Waals surface area contributed by atoms with E-state index in [0.717, 1.165) is 36.0 Å². The zero-order valence-electron chi connectivity index (χ0n) is 15.8. The van der Waals surface area contributed by atoms with Gasteiger partial charge in [0.25, 0.3) is 0 Å². The van der Waals surface area contributed by atoms with Gasteiger partial charge in [0.15, 0.2) is 0 Å². The van der Waals surface area contributed by atoms with Crippen molar-refractivity contribution in [2.24, 2.45) is 46.8 Å². The highest BCUT2D eigenvalue weighted by Gasteiger charge is 2.62. The second kappa shape index (κ2) is 5.04. The first-order valence-electron chi connectivity index (χ1n) is 11.3. The van der Waals surface area contributed by atoms with Crippen molar-refractivity contribution in [3.05, 3.63) is 0 Å². The fourth-order valence-corrected chi connectivity index (χ4v) is 9.53. The summed E-state index contributed by atoms with van der Waals surface area (Å²) in [7, 11) is 0. The Hall–Kier alpha value is -0.530. The number of rotatable bonds is 3. The number of hydrogen-bond acceptors (Lipinski definition) is 2. The van der Waals surface area contributed by atoms with Gasteiger partial charge in [0.05, 0.1) is 5.41 Å². The quantitative estimate of drug-likeness (QED) is 0.646. The van der Waals surface area contributed by atoms with Gasteiger partial charge in [0.2, 0.25) is 0 Å². The van der Waals surface area contributed by atoms with Gasteiger partial charge >= 0.3 is 5.97 Å². The molecule has 0 aliphatic heterocycles. The molecule has 0 amide bonds. The number of ether oxygens (including phenoxy) is 1. The van der Waals surface area contributed by atoms with Crippen LogP contribution in [0, 0.1) is 46.8 Å². The molecule has 2 heteroatoms. The lowest BCUT2D eigenvalue weighted by molar-refractivity contribution is -0.217. The first-order chi connectivity index (χ1) is 12.1. The second-order valence-electron chi connectivity index (χ2n) is 11.2. The van der Waals surface area contributed by atoms with Gasteiger partial charge in [0.1, 0.15) is 5.60 Å². The van der Waals surface area contributed by atoms with Crippen LogP contribution in [0.4, 0.5) is 0 Å². The van der Waals surface area contributed by atoms with E-state index in [-0.39, 0.29) is 17.0 Å². The first-order valence-corrected chi connectivity index (χ1v) is 11.3. The van der Waals surface area contributed by atoms with E-state index in [0.29, 0.717) is 11.8 Å². The smallest absolute Gasteiger partial charge is 0.313 e. The van der Waals surface area contributed by atoms with Crippen LogP contribution in [0.1, 0.15) is 84.0 Å². The Morgan fingerprint density at radius 2 is 1.20 bits per heavy atom. The van der Waals surface area contributed by atoms with Crippen molar-refractivity contribution in [2.45, 2.75) is 89.6 Å². The Bertz CT molecular complexity index is 528. The van der Waals surface area contributed by atoms with E-state index in [1.54, 1.807) is 0 Å². The summed E-state index contributed by atoms with van der Waals surface area (Å²) in [5, 5.41) is 0. The van der Waals surface area contributed by atoms with Crippen molar-refractivity contribution in [3.63, 3.8) is 0 Å². The maximum Gasteiger partial charge on any atom is 0.313 e. The molecule has 8 bridgehead atoms. The van der Waals surface area contributed by atoms with E-state index >= 15 is 0 Å². The molecular weight excluding hydrogens is 308 g/mol. The van der Waals surface area contributed by atoms with E-state index in [2.05, 4.69) is 6.92 Å². The highest BCUT2D eigenvalue weighted by atomic mass is 16.6. The zero-order valence-corrected chi connectivity index (χ0v) is 15.8. The Morgan fingerprint density at radius 1 is 0.760 bits per heavy atom. The summed E-state index contributed by atoms with van der Waals surface area (Å²) in [6, 6.07) is 0. The van der Waals surface area contributed by atoms with Crippen LogP contribution in [0.2, 0.25) is 0 Å². The van der Waals surface area contributed by atoms with Gasteiger partial charge < -0.3 is 4.74 Å². The average Bonchev–Trinajstić information content (AvgIpc) is 2.52. The highest BCUT2D eigenvalue weighted by molar-refractivity contribution is 5.78. The highest BCUT2D eigenvalue weighted by Crippen LogP contribution is 2.65. The Morgan fingerprint density at radius 3 is 1.64 bits per heavy atom. The predicted molar refractivity (Wildman–Crippen MR) is 96.8 cm³/mol. The molecule has 0 spiro atoms. The minimum Gasteiger partial charge on any atom is -0.459 e. The molecule has 8 aliphatic carbocycles. The molecule has 8 saturated carbocycles. The Balaban J connectivity index is 1.29. The van der Waals surface area contributed by atoms with Crippen LogP contribution in [-0.2, 0) is 9.53 Å². The fraction of sp³-hybridized carbons (Fsp3) is 0.957. The normalized spacial score (nSPS) is 57.9. The molecule has 0 heterocycles. The summed E-state index contributed by atoms with van der Waals surface area (Å²) in [6.07, 6.45) is 15.6. The minimum atomic E-state index is -0.114. The molecule has 8 rings (SSSR count). The molecule has 0 saturated heterocycles. The van der Waals surface area contributed by atoms with E-state index in [1.165, 1.54) is 70.6 Å². The third-order valence-electron chi connectivity index (χ3n) is 9.85. The van der Waals surface area contributed by atoms with Crippen molar-refractivity contribution in [3.8, 4) is 0 Å². The van der Waals surface area contributed by atoms with Crippen molar-refractivity contribution >= 4 is 5.97 Å². The Labute approximate surface area is 152 Å². The molecule has 0 aromatic heterocycles. The SMILES string of the molecule is CCC1(C(=O)OC23CC4CC(CC(C4)C2)C3)C2CC3CC(C2)CC1C3. The van der Waals surface area contributed by atoms with Gasteiger partial charge in [0, 0.05) is 0 Å². The molecule has 0 atom stereocenters. The van der Waals surface area contributed by atoms with Gasteiger partial charge in [-0.05, 0) is 118 Å². The fourth-order valence-electron chi connectivity index (χ4n) is 9.53. The molecule has 0 aromatic rings. The number of carbonyl (C=O) groups excluding carboxylic acids is 1. The van der Waals surface area contributed by atoms with Gasteiger partial charge in [-0.25, -0.2) is 0 Å². The molecule has 25 heavy (non-hydrogen) atoms. The van der Waals surface area contributed by atoms with Crippen molar-refractivity contribution in [2.75, 3.05) is 0 Å². The van der Waals surface area contributed by atoms with Crippen LogP contribution in [-0.4, -0.2) is 11.6 Å². The molecular formula is C23H34O2. The summed E-state index contributed by atoms with van der Waals surface area (Å²) < 4.78 is 6.63. The molecule has 0 radical (unpaired) electrons. The standard InChI is InChI=1S/C23H34O2/c1-2-23(19-7-14-3-15(9-19)10-20(23)8-14)21(24)25-22-11-16-4-17(12-22)6-18(5-16)13-22/h14-20H,2-13H2,1H3. The lowest BCUT2D eigenvalue weighted by Gasteiger charge is -2.61. The summed E-state index contributed by atoms with van der Waals surface area (Å²) >= 11 is 0. The van der Waals surface area contributed by atoms with Crippen LogP contribution in [0.3, 0.4) is 0 Å². The molecule has 0 unspecified atom stereocenters. The predicted octanol–water partition coefficient (Wildman–Crippen LogP) is 5.35. The van der Waals surface area contributed by atoms with Crippen molar-refractivity contribution in [1.82, 2.24) is 0 Å². The lowest BCUT2D eigenvalue weighted by atomic mass is 9.44. The maximum atomic E-state index is 13.7. The van der Waals surface area contributed by atoms with E-state index in [9.17, 15) is 4.79 Å². The number of carbonyl (C=O) groups is 1. The molecule has 0 N–H and O–H groups in total. The second-order valence-corrected chi connectivity index (χ2v) is 11.2. The van der Waals surface area contributed by atoms with Gasteiger partial charge in [-0.3, -0.25) is 4.79 Å². The van der Waals surface area contributed by atoms with Crippen molar-refractivity contribution < 1.29 is 9.53 Å². The molecule has 2 nitrogen and oxygen atoms in total. The Kier molecular flexibility index (Phi) is 3.13. The summed E-state index contributed by atoms with van der Waals surface area (Å²) in [5.41, 5.74) is -0.167. The van der Waals surface area contributed by atoms with Gasteiger partial charge in [-0.15, -0.1) is 0 Å². The zero-order chi connectivity index (χ0) is 16.8. The summed E-state index contributed by atoms with van der Waals surface area (Å²) in [4.78, 5) is 13.7. The van der Waals surface area contributed by atoms with Crippen LogP contribution < -0.4 is 0 Å². The van der Waals surface area contributed by atoms with Crippen LogP contribution in [0.15, 0.2) is 0 Å². The summed E-state index contributed by atoms with van der Waals surface area (Å²) in [5.74, 6) is 5.94. The van der Waals surface area contributed by atoms with E-state index < -0.39 is 0 Å². The van der Waals surface area contributed by atoms with Gasteiger partial charge in [-0.2, -0.15) is 0 Å². The third-order valence-corrected chi connectivity index (χ3v) is 9.85. The molecule has 0 aromatic carbocycles.